The molecule has 4 N–H and O–H groups in total. The Morgan fingerprint density at radius 3 is 2.39 bits per heavy atom. The molecule has 0 aromatic heterocycles. The minimum absolute atomic E-state index is 0.0240. The molecule has 4 aliphatic carbocycles. The molecule has 0 aromatic carbocycles. The molecule has 0 bridgehead atoms. The van der Waals surface area contributed by atoms with Crippen molar-refractivity contribution in [2.45, 2.75) is 97.2 Å². The third kappa shape index (κ3) is 5.33. The van der Waals surface area contributed by atoms with Crippen LogP contribution in [0.5, 0.6) is 0 Å². The Labute approximate surface area is 214 Å². The minimum Gasteiger partial charge on any atom is -0.480 e. The van der Waals surface area contributed by atoms with Crippen LogP contribution in [0.1, 0.15) is 85.0 Å². The molecular weight excluding hydrogens is 486 g/mol. The first-order valence-electron chi connectivity index (χ1n) is 13.6. The number of rotatable bonds is 8. The van der Waals surface area contributed by atoms with Gasteiger partial charge in [0, 0.05) is 6.42 Å². The highest BCUT2D eigenvalue weighted by Crippen LogP contribution is 2.68. The summed E-state index contributed by atoms with van der Waals surface area (Å²) in [5.41, 5.74) is 0.129. The van der Waals surface area contributed by atoms with Gasteiger partial charge >= 0.3 is 16.4 Å². The SMILES string of the molecule is C[C@H](CCC(=O)NCC(=O)O)[C@H]1CCC2C3C(O)CC4C[C@H](OS(=O)(=O)O)CC[C@]4(C)C3CC[C@@]21C. The molecule has 5 unspecified atom stereocenters. The molecule has 4 fully saturated rings. The second kappa shape index (κ2) is 10.2. The minimum atomic E-state index is -4.48. The lowest BCUT2D eigenvalue weighted by Gasteiger charge is -2.62. The van der Waals surface area contributed by atoms with Crippen molar-refractivity contribution in [3.8, 4) is 0 Å². The Hall–Kier alpha value is -1.23. The molecule has 4 aliphatic rings. The first kappa shape index (κ1) is 27.8. The number of carbonyl (C=O) groups excluding carboxylic acids is 1. The van der Waals surface area contributed by atoms with E-state index in [2.05, 4.69) is 26.1 Å². The third-order valence-corrected chi connectivity index (χ3v) is 11.4. The molecule has 4 rings (SSSR count). The molecule has 10 heteroatoms. The van der Waals surface area contributed by atoms with Crippen LogP contribution in [0.25, 0.3) is 0 Å². The van der Waals surface area contributed by atoms with Crippen molar-refractivity contribution in [3.05, 3.63) is 0 Å². The fraction of sp³-hybridized carbons (Fsp3) is 0.923. The zero-order chi connectivity index (χ0) is 26.5. The van der Waals surface area contributed by atoms with Crippen LogP contribution in [0.4, 0.5) is 0 Å². The van der Waals surface area contributed by atoms with E-state index in [0.717, 1.165) is 38.5 Å². The first-order chi connectivity index (χ1) is 16.7. The van der Waals surface area contributed by atoms with E-state index in [9.17, 15) is 23.1 Å². The third-order valence-electron chi connectivity index (χ3n) is 10.9. The molecule has 10 atom stereocenters. The second-order valence-electron chi connectivity index (χ2n) is 12.6. The second-order valence-corrected chi connectivity index (χ2v) is 13.7. The van der Waals surface area contributed by atoms with Crippen LogP contribution in [0, 0.1) is 46.3 Å². The van der Waals surface area contributed by atoms with Crippen molar-refractivity contribution in [2.75, 3.05) is 6.54 Å². The summed E-state index contributed by atoms with van der Waals surface area (Å²) in [5.74, 6) is 0.732. The van der Waals surface area contributed by atoms with E-state index in [-0.39, 0.29) is 35.1 Å². The maximum absolute atomic E-state index is 12.1. The van der Waals surface area contributed by atoms with Gasteiger partial charge in [-0.1, -0.05) is 20.8 Å². The predicted molar refractivity (Wildman–Crippen MR) is 132 cm³/mol. The maximum atomic E-state index is 12.1. The van der Waals surface area contributed by atoms with Gasteiger partial charge in [0.15, 0.2) is 0 Å². The van der Waals surface area contributed by atoms with E-state index >= 15 is 0 Å². The van der Waals surface area contributed by atoms with Gasteiger partial charge in [-0.25, -0.2) is 4.18 Å². The monoisotopic (exact) mass is 529 g/mol. The molecule has 0 saturated heterocycles. The number of aliphatic hydroxyl groups is 1. The van der Waals surface area contributed by atoms with Crippen molar-refractivity contribution in [2.24, 2.45) is 46.3 Å². The number of carboxylic acids is 1. The Balaban J connectivity index is 1.43. The fourth-order valence-corrected chi connectivity index (χ4v) is 9.76. The average Bonchev–Trinajstić information content (AvgIpc) is 3.13. The number of nitrogens with one attached hydrogen (secondary N) is 1. The zero-order valence-corrected chi connectivity index (χ0v) is 22.5. The smallest absolute Gasteiger partial charge is 0.397 e. The number of carbonyl (C=O) groups is 2. The largest absolute Gasteiger partial charge is 0.480 e. The normalized spacial score (nSPS) is 43.1. The van der Waals surface area contributed by atoms with Crippen molar-refractivity contribution in [3.63, 3.8) is 0 Å². The molecule has 4 saturated carbocycles. The van der Waals surface area contributed by atoms with Crippen LogP contribution >= 0.6 is 0 Å². The first-order valence-corrected chi connectivity index (χ1v) is 14.9. The van der Waals surface area contributed by atoms with Gasteiger partial charge in [-0.3, -0.25) is 14.1 Å². The summed E-state index contributed by atoms with van der Waals surface area (Å²) in [6.07, 6.45) is 6.98. The molecule has 0 aliphatic heterocycles. The molecular formula is C26H43NO8S. The Morgan fingerprint density at radius 2 is 1.72 bits per heavy atom. The number of hydrogen-bond donors (Lipinski definition) is 4. The number of aliphatic carboxylic acids is 1. The molecule has 1 amide bonds. The van der Waals surface area contributed by atoms with Crippen molar-refractivity contribution in [1.82, 2.24) is 5.32 Å². The van der Waals surface area contributed by atoms with Gasteiger partial charge in [-0.2, -0.15) is 8.42 Å². The number of carboxylic acid groups (broad SMARTS) is 1. The van der Waals surface area contributed by atoms with Gasteiger partial charge in [0.25, 0.3) is 0 Å². The van der Waals surface area contributed by atoms with Crippen LogP contribution in [-0.4, -0.2) is 53.8 Å². The summed E-state index contributed by atoms with van der Waals surface area (Å²) in [5, 5.41) is 22.7. The van der Waals surface area contributed by atoms with Crippen LogP contribution in [0.15, 0.2) is 0 Å². The highest BCUT2D eigenvalue weighted by molar-refractivity contribution is 7.80. The van der Waals surface area contributed by atoms with Gasteiger partial charge in [-0.15, -0.1) is 0 Å². The highest BCUT2D eigenvalue weighted by Gasteiger charge is 2.63. The molecule has 9 nitrogen and oxygen atoms in total. The lowest BCUT2D eigenvalue weighted by atomic mass is 9.43. The van der Waals surface area contributed by atoms with E-state index in [1.54, 1.807) is 0 Å². The summed E-state index contributed by atoms with van der Waals surface area (Å²) in [4.78, 5) is 22.8. The van der Waals surface area contributed by atoms with Gasteiger partial charge in [0.2, 0.25) is 5.91 Å². The van der Waals surface area contributed by atoms with Crippen molar-refractivity contribution >= 4 is 22.3 Å². The predicted octanol–water partition coefficient (Wildman–Crippen LogP) is 3.42. The van der Waals surface area contributed by atoms with Crippen LogP contribution in [-0.2, 0) is 24.2 Å². The van der Waals surface area contributed by atoms with Crippen molar-refractivity contribution < 1.29 is 37.0 Å². The van der Waals surface area contributed by atoms with Gasteiger partial charge in [0.1, 0.15) is 6.54 Å². The molecule has 0 radical (unpaired) electrons. The fourth-order valence-electron chi connectivity index (χ4n) is 9.24. The van der Waals surface area contributed by atoms with Crippen LogP contribution in [0.2, 0.25) is 0 Å². The lowest BCUT2D eigenvalue weighted by Crippen LogP contribution is -2.58. The number of amides is 1. The summed E-state index contributed by atoms with van der Waals surface area (Å²) in [6.45, 7) is 6.56. The number of hydrogen-bond acceptors (Lipinski definition) is 6. The number of fused-ring (bicyclic) bond motifs is 5. The average molecular weight is 530 g/mol. The van der Waals surface area contributed by atoms with E-state index < -0.39 is 28.6 Å². The molecule has 0 heterocycles. The summed E-state index contributed by atoms with van der Waals surface area (Å²) in [7, 11) is -4.48. The standard InChI is InChI=1S/C26H43NO8S/c1-15(4-7-22(29)27-14-23(30)31)18-5-6-19-24-20(9-11-26(18,19)3)25(2)10-8-17(35-36(32,33)34)12-16(25)13-21(24)28/h15-21,24,28H,4-14H2,1-3H3,(H,27,29)(H,30,31)(H,32,33,34)/t15-,16?,17-,18-,19?,20?,21?,24?,25+,26-/m1/s1. The van der Waals surface area contributed by atoms with E-state index in [1.807, 2.05) is 0 Å². The molecule has 0 spiro atoms. The van der Waals surface area contributed by atoms with Crippen molar-refractivity contribution in [1.29, 1.82) is 0 Å². The molecule has 0 aromatic rings. The van der Waals surface area contributed by atoms with Gasteiger partial charge < -0.3 is 15.5 Å². The Morgan fingerprint density at radius 1 is 1.06 bits per heavy atom. The summed E-state index contributed by atoms with van der Waals surface area (Å²) in [6, 6.07) is 0. The van der Waals surface area contributed by atoms with E-state index in [1.165, 1.54) is 0 Å². The maximum Gasteiger partial charge on any atom is 0.397 e. The Bertz CT molecular complexity index is 956. The van der Waals surface area contributed by atoms with E-state index in [4.69, 9.17) is 13.8 Å². The van der Waals surface area contributed by atoms with Gasteiger partial charge in [-0.05, 0) is 104 Å². The van der Waals surface area contributed by atoms with E-state index in [0.29, 0.717) is 49.4 Å². The summed E-state index contributed by atoms with van der Waals surface area (Å²) < 4.78 is 36.6. The molecule has 36 heavy (non-hydrogen) atoms. The summed E-state index contributed by atoms with van der Waals surface area (Å²) >= 11 is 0. The lowest BCUT2D eigenvalue weighted by molar-refractivity contribution is -0.172. The highest BCUT2D eigenvalue weighted by atomic mass is 32.3. The Kier molecular flexibility index (Phi) is 7.84. The van der Waals surface area contributed by atoms with Crippen LogP contribution in [0.3, 0.4) is 0 Å². The zero-order valence-electron chi connectivity index (χ0n) is 21.7. The quantitative estimate of drug-likeness (QED) is 0.349. The van der Waals surface area contributed by atoms with Crippen LogP contribution < -0.4 is 5.32 Å². The van der Waals surface area contributed by atoms with Gasteiger partial charge in [0.05, 0.1) is 12.2 Å². The number of aliphatic hydroxyl groups excluding tert-OH is 1. The topological polar surface area (TPSA) is 150 Å². The molecule has 206 valence electrons.